The number of carbonyl (C=O) groups excluding carboxylic acids is 1. The number of guanidine groups is 1. The van der Waals surface area contributed by atoms with Crippen molar-refractivity contribution in [1.29, 1.82) is 0 Å². The Morgan fingerprint density at radius 1 is 1.14 bits per heavy atom. The largest absolute Gasteiger partial charge is 0.444 e. The highest BCUT2D eigenvalue weighted by Crippen LogP contribution is 2.10. The second kappa shape index (κ2) is 8.86. The van der Waals surface area contributed by atoms with Crippen LogP contribution >= 0.6 is 0 Å². The number of aliphatic imine (C=N–C) groups is 1. The van der Waals surface area contributed by atoms with E-state index in [9.17, 15) is 4.79 Å². The summed E-state index contributed by atoms with van der Waals surface area (Å²) in [7, 11) is 7.82. The normalized spacial score (nSPS) is 12.6. The van der Waals surface area contributed by atoms with Crippen LogP contribution in [-0.4, -0.2) is 68.2 Å². The summed E-state index contributed by atoms with van der Waals surface area (Å²) >= 11 is 0. The van der Waals surface area contributed by atoms with E-state index in [0.717, 1.165) is 12.4 Å². The summed E-state index contributed by atoms with van der Waals surface area (Å²) in [6.07, 6.45) is 0.473. The molecule has 0 aliphatic carbocycles. The van der Waals surface area contributed by atoms with Crippen molar-refractivity contribution in [2.24, 2.45) is 10.9 Å². The molecule has 1 N–H and O–H groups in total. The average Bonchev–Trinajstić information content (AvgIpc) is 2.23. The molecule has 1 atom stereocenters. The third-order valence-electron chi connectivity index (χ3n) is 2.73. The second-order valence-corrected chi connectivity index (χ2v) is 7.40. The number of nitrogens with zero attached hydrogens (tertiary/aromatic N) is 3. The lowest BCUT2D eigenvalue weighted by Gasteiger charge is -2.26. The highest BCUT2D eigenvalue weighted by atomic mass is 16.6. The van der Waals surface area contributed by atoms with Crippen LogP contribution in [0.1, 0.15) is 41.0 Å². The quantitative estimate of drug-likeness (QED) is 0.625. The first-order valence-corrected chi connectivity index (χ1v) is 7.81. The molecule has 0 aliphatic rings. The Hall–Kier alpha value is -1.46. The van der Waals surface area contributed by atoms with Gasteiger partial charge in [-0.2, -0.15) is 0 Å². The molecule has 6 nitrogen and oxygen atoms in total. The van der Waals surface area contributed by atoms with Gasteiger partial charge in [-0.05, 0) is 33.1 Å². The van der Waals surface area contributed by atoms with Gasteiger partial charge in [0.15, 0.2) is 5.96 Å². The lowest BCUT2D eigenvalue weighted by atomic mass is 10.0. The lowest BCUT2D eigenvalue weighted by molar-refractivity contribution is 0.0501. The van der Waals surface area contributed by atoms with Gasteiger partial charge in [0.2, 0.25) is 0 Å². The van der Waals surface area contributed by atoms with Gasteiger partial charge in [0.05, 0.1) is 12.6 Å². The van der Waals surface area contributed by atoms with Crippen molar-refractivity contribution in [1.82, 2.24) is 15.1 Å². The predicted molar refractivity (Wildman–Crippen MR) is 92.3 cm³/mol. The maximum atomic E-state index is 12.0. The standard InChI is InChI=1S/C16H34N4O2/c1-12(2)10-13(18-15(21)22-16(3,4)5)11-17-14(19(6)7)20(8)9/h12-13H,10-11H2,1-9H3,(H,18,21)/t13-/m0/s1. The molecule has 0 aromatic carbocycles. The van der Waals surface area contributed by atoms with Gasteiger partial charge in [-0.3, -0.25) is 4.99 Å². The fraction of sp³-hybridized carbons (Fsp3) is 0.875. The molecule has 0 bridgehead atoms. The molecule has 0 unspecified atom stereocenters. The number of carbonyl (C=O) groups is 1. The van der Waals surface area contributed by atoms with Crippen LogP contribution in [0, 0.1) is 5.92 Å². The average molecular weight is 314 g/mol. The number of alkyl carbamates (subject to hydrolysis) is 1. The van der Waals surface area contributed by atoms with Gasteiger partial charge in [-0.1, -0.05) is 13.8 Å². The van der Waals surface area contributed by atoms with Crippen LogP contribution in [0.2, 0.25) is 0 Å². The van der Waals surface area contributed by atoms with Gasteiger partial charge < -0.3 is 19.9 Å². The predicted octanol–water partition coefficient (Wildman–Crippen LogP) is 2.41. The van der Waals surface area contributed by atoms with Crippen LogP contribution in [0.15, 0.2) is 4.99 Å². The maximum Gasteiger partial charge on any atom is 0.407 e. The summed E-state index contributed by atoms with van der Waals surface area (Å²) in [4.78, 5) is 20.5. The summed E-state index contributed by atoms with van der Waals surface area (Å²) in [5, 5.41) is 2.93. The number of hydrogen-bond acceptors (Lipinski definition) is 3. The molecule has 0 spiro atoms. The summed E-state index contributed by atoms with van der Waals surface area (Å²) in [6, 6.07) is -0.0373. The third kappa shape index (κ3) is 9.47. The first kappa shape index (κ1) is 20.5. The highest BCUT2D eigenvalue weighted by molar-refractivity contribution is 5.79. The van der Waals surface area contributed by atoms with Crippen LogP contribution in [0.3, 0.4) is 0 Å². The molecule has 0 fully saturated rings. The Balaban J connectivity index is 4.84. The molecule has 0 radical (unpaired) electrons. The van der Waals surface area contributed by atoms with Crippen LogP contribution in [0.4, 0.5) is 4.79 Å². The molecule has 0 heterocycles. The van der Waals surface area contributed by atoms with E-state index in [1.54, 1.807) is 0 Å². The van der Waals surface area contributed by atoms with E-state index >= 15 is 0 Å². The molecule has 6 heteroatoms. The molecule has 130 valence electrons. The molecule has 0 aromatic rings. The van der Waals surface area contributed by atoms with Crippen LogP contribution < -0.4 is 5.32 Å². The molecule has 0 aromatic heterocycles. The zero-order chi connectivity index (χ0) is 17.5. The van der Waals surface area contributed by atoms with Crippen molar-refractivity contribution in [2.75, 3.05) is 34.7 Å². The molecule has 0 saturated carbocycles. The highest BCUT2D eigenvalue weighted by Gasteiger charge is 2.20. The van der Waals surface area contributed by atoms with Gasteiger partial charge >= 0.3 is 6.09 Å². The molecule has 22 heavy (non-hydrogen) atoms. The smallest absolute Gasteiger partial charge is 0.407 e. The van der Waals surface area contributed by atoms with Crippen molar-refractivity contribution in [3.8, 4) is 0 Å². The van der Waals surface area contributed by atoms with E-state index in [-0.39, 0.29) is 12.1 Å². The van der Waals surface area contributed by atoms with Crippen LogP contribution in [-0.2, 0) is 4.74 Å². The van der Waals surface area contributed by atoms with E-state index in [0.29, 0.717) is 12.5 Å². The van der Waals surface area contributed by atoms with Gasteiger partial charge in [0.1, 0.15) is 5.60 Å². The van der Waals surface area contributed by atoms with Gasteiger partial charge in [-0.15, -0.1) is 0 Å². The van der Waals surface area contributed by atoms with Crippen molar-refractivity contribution >= 4 is 12.1 Å². The summed E-state index contributed by atoms with van der Waals surface area (Å²) in [6.45, 7) is 10.4. The van der Waals surface area contributed by atoms with E-state index in [1.807, 2.05) is 58.8 Å². The second-order valence-electron chi connectivity index (χ2n) is 7.40. The zero-order valence-corrected chi connectivity index (χ0v) is 15.7. The minimum atomic E-state index is -0.492. The van der Waals surface area contributed by atoms with E-state index in [2.05, 4.69) is 24.2 Å². The zero-order valence-electron chi connectivity index (χ0n) is 15.7. The number of ether oxygens (including phenoxy) is 1. The van der Waals surface area contributed by atoms with Gasteiger partial charge in [0, 0.05) is 28.2 Å². The Morgan fingerprint density at radius 3 is 2.00 bits per heavy atom. The minimum Gasteiger partial charge on any atom is -0.444 e. The SMILES string of the molecule is CC(C)C[C@@H](CN=C(N(C)C)N(C)C)NC(=O)OC(C)(C)C. The van der Waals surface area contributed by atoms with E-state index in [4.69, 9.17) is 4.74 Å². The first-order valence-electron chi connectivity index (χ1n) is 7.81. The van der Waals surface area contributed by atoms with E-state index in [1.165, 1.54) is 0 Å². The summed E-state index contributed by atoms with van der Waals surface area (Å²) in [5.74, 6) is 1.34. The first-order chi connectivity index (χ1) is 9.92. The topological polar surface area (TPSA) is 57.2 Å². The number of nitrogens with one attached hydrogen (secondary N) is 1. The molecular weight excluding hydrogens is 280 g/mol. The fourth-order valence-electron chi connectivity index (χ4n) is 2.10. The minimum absolute atomic E-state index is 0.0373. The van der Waals surface area contributed by atoms with Crippen molar-refractivity contribution in [2.45, 2.75) is 52.7 Å². The van der Waals surface area contributed by atoms with Crippen LogP contribution in [0.5, 0.6) is 0 Å². The summed E-state index contributed by atoms with van der Waals surface area (Å²) in [5.41, 5.74) is -0.492. The lowest BCUT2D eigenvalue weighted by Crippen LogP contribution is -2.42. The number of rotatable bonds is 5. The van der Waals surface area contributed by atoms with Crippen molar-refractivity contribution in [3.05, 3.63) is 0 Å². The van der Waals surface area contributed by atoms with Crippen molar-refractivity contribution in [3.63, 3.8) is 0 Å². The van der Waals surface area contributed by atoms with Crippen LogP contribution in [0.25, 0.3) is 0 Å². The molecule has 1 amide bonds. The number of hydrogen-bond donors (Lipinski definition) is 1. The number of amides is 1. The Bertz CT molecular complexity index is 361. The molecule has 0 rings (SSSR count). The molecular formula is C16H34N4O2. The van der Waals surface area contributed by atoms with Gasteiger partial charge in [0.25, 0.3) is 0 Å². The molecule has 0 aliphatic heterocycles. The van der Waals surface area contributed by atoms with Crippen molar-refractivity contribution < 1.29 is 9.53 Å². The fourth-order valence-corrected chi connectivity index (χ4v) is 2.10. The van der Waals surface area contributed by atoms with E-state index < -0.39 is 5.60 Å². The third-order valence-corrected chi connectivity index (χ3v) is 2.73. The monoisotopic (exact) mass is 314 g/mol. The maximum absolute atomic E-state index is 12.0. The Morgan fingerprint density at radius 2 is 1.64 bits per heavy atom. The Labute approximate surface area is 135 Å². The summed E-state index contributed by atoms with van der Waals surface area (Å²) < 4.78 is 5.33. The molecule has 0 saturated heterocycles. The Kier molecular flexibility index (Phi) is 8.27. The van der Waals surface area contributed by atoms with Gasteiger partial charge in [-0.25, -0.2) is 4.79 Å².